The van der Waals surface area contributed by atoms with Crippen molar-refractivity contribution < 1.29 is 13.2 Å². The summed E-state index contributed by atoms with van der Waals surface area (Å²) in [7, 11) is 3.13. The van der Waals surface area contributed by atoms with E-state index in [9.17, 15) is 13.2 Å². The van der Waals surface area contributed by atoms with Gasteiger partial charge in [0.2, 0.25) is 0 Å². The first-order valence-electron chi connectivity index (χ1n) is 9.51. The van der Waals surface area contributed by atoms with E-state index in [0.29, 0.717) is 32.0 Å². The van der Waals surface area contributed by atoms with Gasteiger partial charge in [-0.15, -0.1) is 0 Å². The zero-order valence-corrected chi connectivity index (χ0v) is 17.3. The van der Waals surface area contributed by atoms with Crippen molar-refractivity contribution in [2.45, 2.75) is 33.0 Å². The molecule has 2 rings (SSSR count). The number of aromatic nitrogens is 2. The molecular weight excluding hydrogens is 381 g/mol. The number of rotatable bonds is 8. The molecule has 6 nitrogen and oxygen atoms in total. The highest BCUT2D eigenvalue weighted by molar-refractivity contribution is 5.79. The maximum atomic E-state index is 12.3. The Morgan fingerprint density at radius 3 is 2.55 bits per heavy atom. The molecule has 0 atom stereocenters. The van der Waals surface area contributed by atoms with E-state index in [1.807, 2.05) is 48.9 Å². The molecule has 0 spiro atoms. The van der Waals surface area contributed by atoms with Gasteiger partial charge in [-0.3, -0.25) is 9.89 Å². The third-order valence-corrected chi connectivity index (χ3v) is 4.36. The number of alkyl halides is 3. The molecule has 2 N–H and O–H groups in total. The van der Waals surface area contributed by atoms with E-state index in [0.717, 1.165) is 22.6 Å². The van der Waals surface area contributed by atoms with Crippen LogP contribution < -0.4 is 10.6 Å². The minimum absolute atomic E-state index is 0.351. The fourth-order valence-electron chi connectivity index (χ4n) is 3.08. The Kier molecular flexibility index (Phi) is 8.07. The maximum absolute atomic E-state index is 12.3. The van der Waals surface area contributed by atoms with Crippen LogP contribution in [0.25, 0.3) is 5.69 Å². The van der Waals surface area contributed by atoms with Crippen LogP contribution in [0.4, 0.5) is 13.2 Å². The van der Waals surface area contributed by atoms with Crippen LogP contribution in [0.15, 0.2) is 35.3 Å². The van der Waals surface area contributed by atoms with E-state index in [2.05, 4.69) is 20.7 Å². The van der Waals surface area contributed by atoms with Gasteiger partial charge in [0, 0.05) is 25.8 Å². The molecule has 0 unspecified atom stereocenters. The lowest BCUT2D eigenvalue weighted by molar-refractivity contribution is -0.143. The van der Waals surface area contributed by atoms with Crippen LogP contribution in [0.5, 0.6) is 0 Å². The molecule has 0 saturated heterocycles. The van der Waals surface area contributed by atoms with Crippen LogP contribution in [-0.2, 0) is 6.54 Å². The molecule has 29 heavy (non-hydrogen) atoms. The fourth-order valence-corrected chi connectivity index (χ4v) is 3.08. The quantitative estimate of drug-likeness (QED) is 0.399. The smallest absolute Gasteiger partial charge is 0.356 e. The number of nitrogens with zero attached hydrogens (tertiary/aromatic N) is 4. The molecule has 0 fully saturated rings. The molecule has 2 aromatic rings. The van der Waals surface area contributed by atoms with Gasteiger partial charge in [-0.25, -0.2) is 4.68 Å². The Hall–Kier alpha value is -2.55. The highest BCUT2D eigenvalue weighted by Crippen LogP contribution is 2.17. The molecule has 0 saturated carbocycles. The molecule has 0 radical (unpaired) electrons. The van der Waals surface area contributed by atoms with Gasteiger partial charge in [0.05, 0.1) is 17.9 Å². The predicted octanol–water partition coefficient (Wildman–Crippen LogP) is 3.04. The predicted molar refractivity (Wildman–Crippen MR) is 109 cm³/mol. The second kappa shape index (κ2) is 10.3. The average molecular weight is 410 g/mol. The van der Waals surface area contributed by atoms with Crippen LogP contribution in [0.2, 0.25) is 0 Å². The van der Waals surface area contributed by atoms with Crippen molar-refractivity contribution in [2.24, 2.45) is 4.99 Å². The van der Waals surface area contributed by atoms with Crippen LogP contribution in [-0.4, -0.2) is 60.5 Å². The van der Waals surface area contributed by atoms with Crippen molar-refractivity contribution in [2.75, 3.05) is 33.7 Å². The van der Waals surface area contributed by atoms with Crippen LogP contribution in [0, 0.1) is 13.8 Å². The van der Waals surface area contributed by atoms with E-state index in [-0.39, 0.29) is 0 Å². The van der Waals surface area contributed by atoms with E-state index < -0.39 is 12.7 Å². The van der Waals surface area contributed by atoms with Crippen molar-refractivity contribution in [3.05, 3.63) is 47.3 Å². The standard InChI is InChI=1S/C20H29F3N6/c1-15-12-16(2)29(27-15)18-9-6-5-8-17(18)13-26-19(24-3)25-10-7-11-28(4)14-20(21,22)23/h5-6,8-9,12H,7,10-11,13-14H2,1-4H3,(H2,24,25,26). The minimum atomic E-state index is -4.17. The van der Waals surface area contributed by atoms with Crippen molar-refractivity contribution in [3.63, 3.8) is 0 Å². The summed E-state index contributed by atoms with van der Waals surface area (Å²) in [5, 5.41) is 10.9. The number of guanidine groups is 1. The Balaban J connectivity index is 1.87. The van der Waals surface area contributed by atoms with Gasteiger partial charge in [0.25, 0.3) is 0 Å². The first-order valence-corrected chi connectivity index (χ1v) is 9.51. The van der Waals surface area contributed by atoms with Crippen molar-refractivity contribution in [1.82, 2.24) is 25.3 Å². The number of para-hydroxylation sites is 1. The summed E-state index contributed by atoms with van der Waals surface area (Å²) in [6, 6.07) is 10.0. The summed E-state index contributed by atoms with van der Waals surface area (Å²) in [4.78, 5) is 5.45. The number of hydrogen-bond acceptors (Lipinski definition) is 3. The van der Waals surface area contributed by atoms with Crippen molar-refractivity contribution in [1.29, 1.82) is 0 Å². The molecule has 0 aliphatic carbocycles. The number of aryl methyl sites for hydroxylation is 2. The molecule has 9 heteroatoms. The summed E-state index contributed by atoms with van der Waals surface area (Å²) in [5.41, 5.74) is 4.07. The van der Waals surface area contributed by atoms with Crippen LogP contribution in [0.3, 0.4) is 0 Å². The lowest BCUT2D eigenvalue weighted by atomic mass is 10.1. The molecule has 1 aromatic carbocycles. The molecule has 0 amide bonds. The second-order valence-corrected chi connectivity index (χ2v) is 7.03. The first-order chi connectivity index (χ1) is 13.7. The SMILES string of the molecule is CN=C(NCCCN(C)CC(F)(F)F)NCc1ccccc1-n1nc(C)cc1C. The van der Waals surface area contributed by atoms with E-state index in [4.69, 9.17) is 0 Å². The third-order valence-electron chi connectivity index (χ3n) is 4.36. The van der Waals surface area contributed by atoms with Gasteiger partial charge >= 0.3 is 6.18 Å². The lowest BCUT2D eigenvalue weighted by Gasteiger charge is -2.19. The number of nitrogens with one attached hydrogen (secondary N) is 2. The number of benzene rings is 1. The molecule has 1 heterocycles. The zero-order chi connectivity index (χ0) is 21.4. The summed E-state index contributed by atoms with van der Waals surface area (Å²) >= 11 is 0. The second-order valence-electron chi connectivity index (χ2n) is 7.03. The summed E-state index contributed by atoms with van der Waals surface area (Å²) in [5.74, 6) is 0.603. The lowest BCUT2D eigenvalue weighted by Crippen LogP contribution is -2.39. The molecule has 160 valence electrons. The van der Waals surface area contributed by atoms with Crippen LogP contribution in [0.1, 0.15) is 23.4 Å². The number of aliphatic imine (C=N–C) groups is 1. The van der Waals surface area contributed by atoms with Gasteiger partial charge < -0.3 is 10.6 Å². The van der Waals surface area contributed by atoms with Gasteiger partial charge in [-0.2, -0.15) is 18.3 Å². The topological polar surface area (TPSA) is 57.5 Å². The Morgan fingerprint density at radius 1 is 1.21 bits per heavy atom. The Bertz CT molecular complexity index is 813. The molecule has 0 aliphatic heterocycles. The average Bonchev–Trinajstić information content (AvgIpc) is 2.98. The molecular formula is C20H29F3N6. The third kappa shape index (κ3) is 7.41. The van der Waals surface area contributed by atoms with Gasteiger partial charge in [0.1, 0.15) is 0 Å². The maximum Gasteiger partial charge on any atom is 0.401 e. The normalized spacial score (nSPS) is 12.5. The van der Waals surface area contributed by atoms with E-state index in [1.54, 1.807) is 7.05 Å². The molecule has 1 aromatic heterocycles. The minimum Gasteiger partial charge on any atom is -0.356 e. The van der Waals surface area contributed by atoms with Gasteiger partial charge in [-0.1, -0.05) is 18.2 Å². The zero-order valence-electron chi connectivity index (χ0n) is 17.3. The van der Waals surface area contributed by atoms with Crippen molar-refractivity contribution in [3.8, 4) is 5.69 Å². The number of hydrogen-bond donors (Lipinski definition) is 2. The van der Waals surface area contributed by atoms with Gasteiger partial charge in [0.15, 0.2) is 5.96 Å². The Labute approximate surface area is 169 Å². The largest absolute Gasteiger partial charge is 0.401 e. The monoisotopic (exact) mass is 410 g/mol. The molecule has 0 bridgehead atoms. The fraction of sp³-hybridized carbons (Fsp3) is 0.500. The Morgan fingerprint density at radius 2 is 1.93 bits per heavy atom. The van der Waals surface area contributed by atoms with Crippen molar-refractivity contribution >= 4 is 5.96 Å². The van der Waals surface area contributed by atoms with Crippen LogP contribution >= 0.6 is 0 Å². The highest BCUT2D eigenvalue weighted by atomic mass is 19.4. The molecule has 0 aliphatic rings. The van der Waals surface area contributed by atoms with E-state index in [1.165, 1.54) is 11.9 Å². The van der Waals surface area contributed by atoms with E-state index >= 15 is 0 Å². The summed E-state index contributed by atoms with van der Waals surface area (Å²) in [6.45, 7) is 4.50. The highest BCUT2D eigenvalue weighted by Gasteiger charge is 2.28. The number of halogens is 3. The summed E-state index contributed by atoms with van der Waals surface area (Å²) < 4.78 is 39.0. The van der Waals surface area contributed by atoms with Gasteiger partial charge in [-0.05, 0) is 51.6 Å². The first kappa shape index (κ1) is 22.7. The summed E-state index contributed by atoms with van der Waals surface area (Å²) in [6.07, 6.45) is -3.59.